The van der Waals surface area contributed by atoms with Crippen molar-refractivity contribution >= 4 is 16.6 Å². The molecule has 1 spiro atoms. The topological polar surface area (TPSA) is 17.1 Å². The van der Waals surface area contributed by atoms with Crippen LogP contribution in [-0.4, -0.2) is 5.78 Å². The van der Waals surface area contributed by atoms with Crippen LogP contribution in [0.3, 0.4) is 0 Å². The van der Waals surface area contributed by atoms with Crippen LogP contribution in [0, 0.1) is 5.41 Å². The fourth-order valence-corrected chi connectivity index (χ4v) is 4.74. The van der Waals surface area contributed by atoms with Gasteiger partial charge < -0.3 is 0 Å². The van der Waals surface area contributed by atoms with Crippen LogP contribution in [0.5, 0.6) is 0 Å². The summed E-state index contributed by atoms with van der Waals surface area (Å²) in [5.41, 5.74) is 4.82. The van der Waals surface area contributed by atoms with Crippen LogP contribution >= 0.6 is 0 Å². The zero-order valence-corrected chi connectivity index (χ0v) is 12.6. The molecule has 0 radical (unpaired) electrons. The molecule has 0 heterocycles. The number of ketones is 1. The Hall–Kier alpha value is -2.15. The summed E-state index contributed by atoms with van der Waals surface area (Å²) in [4.78, 5) is 13.1. The summed E-state index contributed by atoms with van der Waals surface area (Å²) in [5, 5.41) is 2.70. The predicted octanol–water partition coefficient (Wildman–Crippen LogP) is 4.54. The van der Waals surface area contributed by atoms with E-state index >= 15 is 0 Å². The lowest BCUT2D eigenvalue weighted by atomic mass is 9.69. The standard InChI is InChI=1S/C21H18O/c22-20-18-10-2-1-5-15(18)11-21(20)12-16-8-3-6-14-7-4-9-17(13-21)19(14)16/h3-10H,1-2,11-13H2. The third kappa shape index (κ3) is 1.51. The van der Waals surface area contributed by atoms with E-state index in [0.29, 0.717) is 5.78 Å². The number of hydrogen-bond acceptors (Lipinski definition) is 1. The first-order valence-corrected chi connectivity index (χ1v) is 8.21. The molecule has 3 aliphatic rings. The highest BCUT2D eigenvalue weighted by atomic mass is 16.1. The predicted molar refractivity (Wildman–Crippen MR) is 88.8 cm³/mol. The number of benzene rings is 2. The van der Waals surface area contributed by atoms with E-state index in [9.17, 15) is 4.79 Å². The van der Waals surface area contributed by atoms with Gasteiger partial charge in [-0.3, -0.25) is 4.79 Å². The highest BCUT2D eigenvalue weighted by Crippen LogP contribution is 2.51. The molecule has 1 saturated carbocycles. The molecule has 22 heavy (non-hydrogen) atoms. The van der Waals surface area contributed by atoms with Crippen molar-refractivity contribution in [3.05, 3.63) is 70.8 Å². The fourth-order valence-electron chi connectivity index (χ4n) is 4.74. The Balaban J connectivity index is 1.70. The minimum absolute atomic E-state index is 0.218. The van der Waals surface area contributed by atoms with Gasteiger partial charge >= 0.3 is 0 Å². The van der Waals surface area contributed by atoms with Gasteiger partial charge in [0.05, 0.1) is 0 Å². The monoisotopic (exact) mass is 286 g/mol. The molecule has 1 nitrogen and oxygen atoms in total. The molecular formula is C21H18O. The normalized spacial score (nSPS) is 21.7. The Morgan fingerprint density at radius 1 is 0.818 bits per heavy atom. The van der Waals surface area contributed by atoms with E-state index in [0.717, 1.165) is 37.7 Å². The first-order valence-electron chi connectivity index (χ1n) is 8.21. The van der Waals surface area contributed by atoms with Gasteiger partial charge in [0.2, 0.25) is 0 Å². The Morgan fingerprint density at radius 3 is 2.18 bits per heavy atom. The van der Waals surface area contributed by atoms with Crippen LogP contribution < -0.4 is 0 Å². The van der Waals surface area contributed by atoms with Crippen LogP contribution in [0.15, 0.2) is 59.7 Å². The van der Waals surface area contributed by atoms with Gasteiger partial charge in [0.1, 0.15) is 0 Å². The second-order valence-electron chi connectivity index (χ2n) is 7.00. The summed E-state index contributed by atoms with van der Waals surface area (Å²) in [7, 11) is 0. The van der Waals surface area contributed by atoms with Crippen molar-refractivity contribution in [1.29, 1.82) is 0 Å². The van der Waals surface area contributed by atoms with Gasteiger partial charge in [-0.05, 0) is 59.6 Å². The molecule has 0 unspecified atom stereocenters. The highest BCUT2D eigenvalue weighted by Gasteiger charge is 2.49. The molecule has 2 aromatic rings. The molecule has 0 atom stereocenters. The molecule has 5 rings (SSSR count). The van der Waals surface area contributed by atoms with Crippen LogP contribution in [0.2, 0.25) is 0 Å². The number of allylic oxidation sites excluding steroid dienone is 4. The summed E-state index contributed by atoms with van der Waals surface area (Å²) < 4.78 is 0. The highest BCUT2D eigenvalue weighted by molar-refractivity contribution is 6.08. The molecule has 3 aliphatic carbocycles. The van der Waals surface area contributed by atoms with Crippen molar-refractivity contribution < 1.29 is 4.79 Å². The second-order valence-corrected chi connectivity index (χ2v) is 7.00. The van der Waals surface area contributed by atoms with Gasteiger partial charge in [-0.2, -0.15) is 0 Å². The van der Waals surface area contributed by atoms with Crippen LogP contribution in [0.25, 0.3) is 10.8 Å². The molecular weight excluding hydrogens is 268 g/mol. The molecule has 1 fully saturated rings. The number of rotatable bonds is 0. The summed E-state index contributed by atoms with van der Waals surface area (Å²) in [6.07, 6.45) is 9.31. The van der Waals surface area contributed by atoms with Crippen molar-refractivity contribution in [2.75, 3.05) is 0 Å². The molecule has 0 amide bonds. The number of Topliss-reactive ketones (excluding diaryl/α,β-unsaturated/α-hetero) is 1. The van der Waals surface area contributed by atoms with E-state index in [-0.39, 0.29) is 5.41 Å². The third-order valence-corrected chi connectivity index (χ3v) is 5.64. The van der Waals surface area contributed by atoms with E-state index in [1.807, 2.05) is 0 Å². The van der Waals surface area contributed by atoms with E-state index in [4.69, 9.17) is 0 Å². The number of carbonyl (C=O) groups is 1. The number of fused-ring (bicyclic) bond motifs is 1. The maximum atomic E-state index is 13.1. The fraction of sp³-hybridized carbons (Fsp3) is 0.286. The average Bonchev–Trinajstić information content (AvgIpc) is 2.80. The number of hydrogen-bond donors (Lipinski definition) is 0. The van der Waals surface area contributed by atoms with Crippen LogP contribution in [0.4, 0.5) is 0 Å². The van der Waals surface area contributed by atoms with E-state index in [1.165, 1.54) is 27.5 Å². The Labute approximate surface area is 130 Å². The molecule has 1 heteroatoms. The maximum absolute atomic E-state index is 13.1. The summed E-state index contributed by atoms with van der Waals surface area (Å²) in [5.74, 6) is 0.393. The van der Waals surface area contributed by atoms with Gasteiger partial charge in [0.25, 0.3) is 0 Å². The quantitative estimate of drug-likeness (QED) is 0.694. The lowest BCUT2D eigenvalue weighted by Crippen LogP contribution is -2.34. The maximum Gasteiger partial charge on any atom is 0.169 e. The molecule has 0 aliphatic heterocycles. The van der Waals surface area contributed by atoms with E-state index < -0.39 is 0 Å². The van der Waals surface area contributed by atoms with Crippen molar-refractivity contribution in [1.82, 2.24) is 0 Å². The van der Waals surface area contributed by atoms with Crippen molar-refractivity contribution in [2.24, 2.45) is 5.41 Å². The van der Waals surface area contributed by atoms with Crippen LogP contribution in [-0.2, 0) is 17.6 Å². The third-order valence-electron chi connectivity index (χ3n) is 5.64. The van der Waals surface area contributed by atoms with E-state index in [2.05, 4.69) is 48.6 Å². The zero-order chi connectivity index (χ0) is 14.7. The molecule has 0 saturated heterocycles. The smallest absolute Gasteiger partial charge is 0.169 e. The van der Waals surface area contributed by atoms with Gasteiger partial charge in [-0.1, -0.05) is 48.6 Å². The summed E-state index contributed by atoms with van der Waals surface area (Å²) >= 11 is 0. The molecule has 0 bridgehead atoms. The average molecular weight is 286 g/mol. The largest absolute Gasteiger partial charge is 0.294 e. The molecule has 0 aromatic heterocycles. The Kier molecular flexibility index (Phi) is 2.36. The Morgan fingerprint density at radius 2 is 1.50 bits per heavy atom. The molecule has 108 valence electrons. The number of carbonyl (C=O) groups excluding carboxylic acids is 1. The van der Waals surface area contributed by atoms with Gasteiger partial charge in [0.15, 0.2) is 5.78 Å². The minimum atomic E-state index is -0.218. The summed E-state index contributed by atoms with van der Waals surface area (Å²) in [6, 6.07) is 13.1. The van der Waals surface area contributed by atoms with Crippen molar-refractivity contribution in [3.8, 4) is 0 Å². The molecule has 2 aromatic carbocycles. The first-order chi connectivity index (χ1) is 10.8. The van der Waals surface area contributed by atoms with Crippen molar-refractivity contribution in [3.63, 3.8) is 0 Å². The summed E-state index contributed by atoms with van der Waals surface area (Å²) in [6.45, 7) is 0. The lowest BCUT2D eigenvalue weighted by Gasteiger charge is -2.33. The first kappa shape index (κ1) is 12.4. The van der Waals surface area contributed by atoms with E-state index in [1.54, 1.807) is 0 Å². The van der Waals surface area contributed by atoms with Gasteiger partial charge in [-0.25, -0.2) is 0 Å². The van der Waals surface area contributed by atoms with Crippen molar-refractivity contribution in [2.45, 2.75) is 32.1 Å². The van der Waals surface area contributed by atoms with Gasteiger partial charge in [0, 0.05) is 11.0 Å². The zero-order valence-electron chi connectivity index (χ0n) is 12.6. The minimum Gasteiger partial charge on any atom is -0.294 e. The second kappa shape index (κ2) is 4.19. The SMILES string of the molecule is O=C1C2=CCCC=C2CC12Cc1cccc3cccc(c13)C2. The Bertz CT molecular complexity index is 841. The lowest BCUT2D eigenvalue weighted by molar-refractivity contribution is -0.123. The molecule has 0 N–H and O–H groups in total. The van der Waals surface area contributed by atoms with Gasteiger partial charge in [-0.15, -0.1) is 0 Å². The van der Waals surface area contributed by atoms with Crippen LogP contribution in [0.1, 0.15) is 30.4 Å².